The van der Waals surface area contributed by atoms with Crippen molar-refractivity contribution in [2.75, 3.05) is 0 Å². The minimum Gasteiger partial charge on any atom is -0.476 e. The lowest BCUT2D eigenvalue weighted by atomic mass is 10.2. The average molecular weight is 222 g/mol. The molecule has 0 fully saturated rings. The maximum Gasteiger partial charge on any atom is 0.356 e. The van der Waals surface area contributed by atoms with E-state index in [-0.39, 0.29) is 21.3 Å². The Bertz CT molecular complexity index is 354. The molecule has 0 saturated heterocycles. The first-order valence-corrected chi connectivity index (χ1v) is 4.00. The summed E-state index contributed by atoms with van der Waals surface area (Å²) in [6.07, 6.45) is 1.14. The molecule has 1 aromatic heterocycles. The lowest BCUT2D eigenvalue weighted by Crippen LogP contribution is -2.04. The summed E-state index contributed by atoms with van der Waals surface area (Å²) in [5, 5.41) is 17.4. The third kappa shape index (κ3) is 1.91. The fourth-order valence-corrected chi connectivity index (χ4v) is 1.34. The van der Waals surface area contributed by atoms with Crippen molar-refractivity contribution in [1.29, 1.82) is 0 Å². The number of rotatable bonds is 2. The number of carbonyl (C=O) groups is 1. The van der Waals surface area contributed by atoms with E-state index in [1.165, 1.54) is 0 Å². The third-order valence-electron chi connectivity index (χ3n) is 1.43. The second-order valence-corrected chi connectivity index (χ2v) is 3.00. The van der Waals surface area contributed by atoms with Gasteiger partial charge in [-0.15, -0.1) is 0 Å². The molecule has 0 aliphatic rings. The van der Waals surface area contributed by atoms with Crippen molar-refractivity contribution in [3.05, 3.63) is 27.5 Å². The molecule has 0 atom stereocenters. The highest BCUT2D eigenvalue weighted by Gasteiger charge is 2.16. The highest BCUT2D eigenvalue weighted by molar-refractivity contribution is 6.37. The number of aromatic nitrogens is 1. The topological polar surface area (TPSA) is 70.4 Å². The van der Waals surface area contributed by atoms with Gasteiger partial charge in [-0.05, 0) is 0 Å². The molecule has 6 heteroatoms. The molecular weight excluding hydrogens is 217 g/mol. The van der Waals surface area contributed by atoms with Gasteiger partial charge in [-0.25, -0.2) is 9.78 Å². The van der Waals surface area contributed by atoms with Gasteiger partial charge in [0, 0.05) is 11.8 Å². The zero-order chi connectivity index (χ0) is 10.0. The van der Waals surface area contributed by atoms with E-state index >= 15 is 0 Å². The number of aliphatic hydroxyl groups excluding tert-OH is 1. The van der Waals surface area contributed by atoms with Crippen LogP contribution in [0.3, 0.4) is 0 Å². The van der Waals surface area contributed by atoms with Gasteiger partial charge in [-0.2, -0.15) is 0 Å². The van der Waals surface area contributed by atoms with Crippen LogP contribution in [-0.2, 0) is 6.61 Å². The number of halogens is 2. The molecule has 0 aliphatic carbocycles. The molecule has 13 heavy (non-hydrogen) atoms. The van der Waals surface area contributed by atoms with Crippen LogP contribution in [0, 0.1) is 0 Å². The minimum atomic E-state index is -1.25. The van der Waals surface area contributed by atoms with E-state index in [4.69, 9.17) is 33.4 Å². The minimum absolute atomic E-state index is 0.123. The van der Waals surface area contributed by atoms with E-state index in [0.29, 0.717) is 0 Å². The van der Waals surface area contributed by atoms with Crippen molar-refractivity contribution in [2.45, 2.75) is 6.61 Å². The molecule has 1 heterocycles. The fourth-order valence-electron chi connectivity index (χ4n) is 0.798. The SMILES string of the molecule is O=C(O)c1ncc(Cl)c(CO)c1Cl. The van der Waals surface area contributed by atoms with E-state index in [9.17, 15) is 4.79 Å². The quantitative estimate of drug-likeness (QED) is 0.796. The molecule has 2 N–H and O–H groups in total. The van der Waals surface area contributed by atoms with Crippen LogP contribution in [0.5, 0.6) is 0 Å². The van der Waals surface area contributed by atoms with Crippen LogP contribution in [0.15, 0.2) is 6.20 Å². The Morgan fingerprint density at radius 2 is 2.15 bits per heavy atom. The zero-order valence-corrected chi connectivity index (χ0v) is 7.80. The second-order valence-electron chi connectivity index (χ2n) is 2.21. The maximum atomic E-state index is 10.5. The monoisotopic (exact) mass is 221 g/mol. The molecule has 0 spiro atoms. The molecule has 0 aliphatic heterocycles. The molecule has 1 rings (SSSR count). The Hall–Kier alpha value is -0.840. The first kappa shape index (κ1) is 10.2. The van der Waals surface area contributed by atoms with E-state index < -0.39 is 12.6 Å². The van der Waals surface area contributed by atoms with Crippen molar-refractivity contribution in [2.24, 2.45) is 0 Å². The number of nitrogens with zero attached hydrogens (tertiary/aromatic N) is 1. The Labute approximate surface area is 83.7 Å². The van der Waals surface area contributed by atoms with Gasteiger partial charge in [0.2, 0.25) is 0 Å². The summed E-state index contributed by atoms with van der Waals surface area (Å²) in [6, 6.07) is 0. The maximum absolute atomic E-state index is 10.5. The van der Waals surface area contributed by atoms with Crippen molar-refractivity contribution in [3.8, 4) is 0 Å². The summed E-state index contributed by atoms with van der Waals surface area (Å²) in [5.41, 5.74) is -0.133. The number of carboxylic acids is 1. The molecule has 70 valence electrons. The number of carboxylic acid groups (broad SMARTS) is 1. The van der Waals surface area contributed by atoms with Crippen molar-refractivity contribution in [1.82, 2.24) is 4.98 Å². The van der Waals surface area contributed by atoms with E-state index in [1.807, 2.05) is 0 Å². The Kier molecular flexibility index (Phi) is 3.08. The smallest absolute Gasteiger partial charge is 0.356 e. The average Bonchev–Trinajstić information content (AvgIpc) is 2.04. The molecule has 4 nitrogen and oxygen atoms in total. The van der Waals surface area contributed by atoms with Crippen LogP contribution in [0.4, 0.5) is 0 Å². The van der Waals surface area contributed by atoms with E-state index in [2.05, 4.69) is 4.98 Å². The molecule has 0 bridgehead atoms. The Balaban J connectivity index is 3.35. The summed E-state index contributed by atoms with van der Waals surface area (Å²) in [4.78, 5) is 14.0. The van der Waals surface area contributed by atoms with Gasteiger partial charge >= 0.3 is 5.97 Å². The normalized spacial score (nSPS) is 10.1. The Morgan fingerprint density at radius 3 is 2.62 bits per heavy atom. The highest BCUT2D eigenvalue weighted by atomic mass is 35.5. The number of aromatic carboxylic acids is 1. The van der Waals surface area contributed by atoms with Gasteiger partial charge in [0.15, 0.2) is 5.69 Å². The number of aliphatic hydroxyl groups is 1. The van der Waals surface area contributed by atoms with Gasteiger partial charge in [-0.3, -0.25) is 0 Å². The molecule has 0 unspecified atom stereocenters. The third-order valence-corrected chi connectivity index (χ3v) is 2.16. The lowest BCUT2D eigenvalue weighted by molar-refractivity contribution is 0.0690. The zero-order valence-electron chi connectivity index (χ0n) is 6.29. The number of hydrogen-bond donors (Lipinski definition) is 2. The summed E-state index contributed by atoms with van der Waals surface area (Å²) >= 11 is 11.2. The molecule has 0 amide bonds. The highest BCUT2D eigenvalue weighted by Crippen LogP contribution is 2.26. The summed E-state index contributed by atoms with van der Waals surface area (Å²) in [7, 11) is 0. The van der Waals surface area contributed by atoms with Crippen LogP contribution in [0.2, 0.25) is 10.0 Å². The first-order chi connectivity index (χ1) is 6.07. The van der Waals surface area contributed by atoms with Gasteiger partial charge in [-0.1, -0.05) is 23.2 Å². The van der Waals surface area contributed by atoms with Gasteiger partial charge < -0.3 is 10.2 Å². The van der Waals surface area contributed by atoms with Crippen molar-refractivity contribution in [3.63, 3.8) is 0 Å². The first-order valence-electron chi connectivity index (χ1n) is 3.25. The second kappa shape index (κ2) is 3.91. The van der Waals surface area contributed by atoms with Crippen LogP contribution >= 0.6 is 23.2 Å². The van der Waals surface area contributed by atoms with Crippen molar-refractivity contribution >= 4 is 29.2 Å². The summed E-state index contributed by atoms with van der Waals surface area (Å²) in [6.45, 7) is -0.416. The Morgan fingerprint density at radius 1 is 1.54 bits per heavy atom. The predicted molar refractivity (Wildman–Crippen MR) is 47.1 cm³/mol. The van der Waals surface area contributed by atoms with Gasteiger partial charge in [0.1, 0.15) is 0 Å². The van der Waals surface area contributed by atoms with Crippen LogP contribution in [0.25, 0.3) is 0 Å². The van der Waals surface area contributed by atoms with Gasteiger partial charge in [0.05, 0.1) is 16.7 Å². The van der Waals surface area contributed by atoms with Gasteiger partial charge in [0.25, 0.3) is 0 Å². The van der Waals surface area contributed by atoms with Crippen LogP contribution in [0.1, 0.15) is 16.1 Å². The molecule has 0 radical (unpaired) electrons. The van der Waals surface area contributed by atoms with E-state index in [1.54, 1.807) is 0 Å². The standard InChI is InChI=1S/C7H5Cl2NO3/c8-4-1-10-6(7(12)13)5(9)3(4)2-11/h1,11H,2H2,(H,12,13). The molecule has 0 aromatic carbocycles. The molecule has 0 saturated carbocycles. The molecule has 1 aromatic rings. The largest absolute Gasteiger partial charge is 0.476 e. The van der Waals surface area contributed by atoms with Crippen LogP contribution in [-0.4, -0.2) is 21.2 Å². The van der Waals surface area contributed by atoms with Crippen molar-refractivity contribution < 1.29 is 15.0 Å². The number of hydrogen-bond acceptors (Lipinski definition) is 3. The number of pyridine rings is 1. The van der Waals surface area contributed by atoms with Crippen LogP contribution < -0.4 is 0 Å². The summed E-state index contributed by atoms with van der Waals surface area (Å²) in [5.74, 6) is -1.25. The van der Waals surface area contributed by atoms with E-state index in [0.717, 1.165) is 6.20 Å². The lowest BCUT2D eigenvalue weighted by Gasteiger charge is -2.04. The predicted octanol–water partition coefficient (Wildman–Crippen LogP) is 1.58. The molecular formula is C7H5Cl2NO3. The summed E-state index contributed by atoms with van der Waals surface area (Å²) < 4.78 is 0. The fraction of sp³-hybridized carbons (Fsp3) is 0.143.